The van der Waals surface area contributed by atoms with Crippen LogP contribution in [0.25, 0.3) is 0 Å². The smallest absolute Gasteiger partial charge is 0.266 e. The number of aryl methyl sites for hydroxylation is 1. The normalized spacial score (nSPS) is 24.1. The van der Waals surface area contributed by atoms with Crippen molar-refractivity contribution in [2.24, 2.45) is 5.92 Å². The fraction of sp³-hybridized carbons (Fsp3) is 0.182. The fourth-order valence-electron chi connectivity index (χ4n) is 4.01. The Morgan fingerprint density at radius 1 is 0.857 bits per heavy atom. The number of hydrogen-bond acceptors (Lipinski definition) is 5. The molecule has 5 rings (SSSR count). The first kappa shape index (κ1) is 16.8. The van der Waals surface area contributed by atoms with Gasteiger partial charge in [0.2, 0.25) is 5.91 Å². The minimum Gasteiger partial charge on any atom is -0.467 e. The highest BCUT2D eigenvalue weighted by molar-refractivity contribution is 6.24. The topological polar surface area (TPSA) is 63.0 Å². The highest BCUT2D eigenvalue weighted by Gasteiger charge is 2.61. The van der Waals surface area contributed by atoms with Crippen LogP contribution in [-0.2, 0) is 14.4 Å². The van der Waals surface area contributed by atoms with Gasteiger partial charge in [0.05, 0.1) is 17.6 Å². The van der Waals surface area contributed by atoms with E-state index in [4.69, 9.17) is 9.25 Å². The van der Waals surface area contributed by atoms with E-state index in [1.165, 1.54) is 4.90 Å². The van der Waals surface area contributed by atoms with E-state index in [1.807, 2.05) is 55.5 Å². The van der Waals surface area contributed by atoms with Crippen LogP contribution in [0.5, 0.6) is 0 Å². The van der Waals surface area contributed by atoms with E-state index in [-0.39, 0.29) is 11.8 Å². The van der Waals surface area contributed by atoms with Crippen LogP contribution in [0.4, 0.5) is 11.4 Å². The molecule has 0 unspecified atom stereocenters. The molecule has 0 spiro atoms. The van der Waals surface area contributed by atoms with Gasteiger partial charge in [0.1, 0.15) is 17.7 Å². The first-order chi connectivity index (χ1) is 13.7. The largest absolute Gasteiger partial charge is 0.467 e. The van der Waals surface area contributed by atoms with Crippen molar-refractivity contribution < 1.29 is 18.8 Å². The third-order valence-corrected chi connectivity index (χ3v) is 5.32. The predicted octanol–water partition coefficient (Wildman–Crippen LogP) is 3.64. The molecule has 3 atom stereocenters. The maximum absolute atomic E-state index is 13.4. The summed E-state index contributed by atoms with van der Waals surface area (Å²) in [6.45, 7) is 1.88. The highest BCUT2D eigenvalue weighted by atomic mass is 16.7. The molecule has 2 aliphatic heterocycles. The van der Waals surface area contributed by atoms with Gasteiger partial charge in [-0.15, -0.1) is 0 Å². The van der Waals surface area contributed by atoms with Crippen LogP contribution in [-0.4, -0.2) is 17.9 Å². The zero-order valence-corrected chi connectivity index (χ0v) is 15.2. The van der Waals surface area contributed by atoms with E-state index >= 15 is 0 Å². The number of hydroxylamine groups is 1. The number of benzene rings is 2. The number of furan rings is 1. The molecule has 2 aromatic carbocycles. The number of amides is 2. The summed E-state index contributed by atoms with van der Waals surface area (Å²) in [6, 6.07) is 19.8. The Hall–Kier alpha value is -3.38. The molecule has 6 heteroatoms. The fourth-order valence-corrected chi connectivity index (χ4v) is 4.01. The van der Waals surface area contributed by atoms with E-state index in [0.29, 0.717) is 11.4 Å². The first-order valence-corrected chi connectivity index (χ1v) is 9.15. The van der Waals surface area contributed by atoms with Crippen molar-refractivity contribution >= 4 is 23.2 Å². The van der Waals surface area contributed by atoms with Gasteiger partial charge in [-0.3, -0.25) is 14.4 Å². The number of anilines is 2. The Balaban J connectivity index is 1.59. The monoisotopic (exact) mass is 374 g/mol. The van der Waals surface area contributed by atoms with Crippen molar-refractivity contribution in [2.75, 3.05) is 9.96 Å². The lowest BCUT2D eigenvalue weighted by atomic mass is 9.94. The molecule has 0 N–H and O–H groups in total. The van der Waals surface area contributed by atoms with Crippen LogP contribution in [0.2, 0.25) is 0 Å². The zero-order chi connectivity index (χ0) is 19.3. The van der Waals surface area contributed by atoms with Crippen LogP contribution in [0, 0.1) is 12.8 Å². The van der Waals surface area contributed by atoms with Gasteiger partial charge in [-0.1, -0.05) is 36.4 Å². The molecule has 0 saturated carbocycles. The molecule has 0 radical (unpaired) electrons. The van der Waals surface area contributed by atoms with Gasteiger partial charge in [-0.25, -0.2) is 9.96 Å². The van der Waals surface area contributed by atoms with E-state index in [0.717, 1.165) is 11.3 Å². The van der Waals surface area contributed by atoms with Gasteiger partial charge in [0, 0.05) is 0 Å². The summed E-state index contributed by atoms with van der Waals surface area (Å²) in [4.78, 5) is 33.9. The zero-order valence-electron chi connectivity index (χ0n) is 15.2. The quantitative estimate of drug-likeness (QED) is 0.655. The Labute approximate surface area is 161 Å². The first-order valence-electron chi connectivity index (χ1n) is 9.15. The number of imide groups is 1. The average molecular weight is 374 g/mol. The standard InChI is InChI=1S/C22H18N2O4/c1-14-8-5-6-11-16(14)23-21(25)18-19(17-12-7-13-27-17)24(28-20(18)22(23)26)15-9-3-2-4-10-15/h2-13,18-20H,1H3/t18-,19-,20+/m1/s1. The second kappa shape index (κ2) is 6.35. The number of nitrogens with zero attached hydrogens (tertiary/aromatic N) is 2. The minimum atomic E-state index is -0.887. The van der Waals surface area contributed by atoms with Crippen LogP contribution in [0.15, 0.2) is 77.4 Å². The van der Waals surface area contributed by atoms with Crippen LogP contribution in [0.1, 0.15) is 17.4 Å². The number of fused-ring (bicyclic) bond motifs is 1. The number of carbonyl (C=O) groups excluding carboxylic acids is 2. The molecule has 3 aromatic rings. The Morgan fingerprint density at radius 3 is 2.32 bits per heavy atom. The summed E-state index contributed by atoms with van der Waals surface area (Å²) in [5, 5.41) is 1.62. The molecule has 3 heterocycles. The molecule has 0 aliphatic carbocycles. The minimum absolute atomic E-state index is 0.274. The molecule has 2 aliphatic rings. The third kappa shape index (κ3) is 2.38. The summed E-state index contributed by atoms with van der Waals surface area (Å²) in [7, 11) is 0. The molecule has 28 heavy (non-hydrogen) atoms. The summed E-state index contributed by atoms with van der Waals surface area (Å²) in [5.41, 5.74) is 2.22. The van der Waals surface area contributed by atoms with Crippen LogP contribution >= 0.6 is 0 Å². The van der Waals surface area contributed by atoms with E-state index in [9.17, 15) is 9.59 Å². The second-order valence-corrected chi connectivity index (χ2v) is 6.97. The molecular formula is C22H18N2O4. The van der Waals surface area contributed by atoms with E-state index in [2.05, 4.69) is 0 Å². The predicted molar refractivity (Wildman–Crippen MR) is 102 cm³/mol. The summed E-state index contributed by atoms with van der Waals surface area (Å²) in [6.07, 6.45) is 0.675. The van der Waals surface area contributed by atoms with Crippen molar-refractivity contribution in [1.29, 1.82) is 0 Å². The molecule has 2 amide bonds. The van der Waals surface area contributed by atoms with E-state index in [1.54, 1.807) is 29.5 Å². The lowest BCUT2D eigenvalue weighted by Gasteiger charge is -2.27. The number of para-hydroxylation sites is 2. The van der Waals surface area contributed by atoms with Gasteiger partial charge >= 0.3 is 0 Å². The molecule has 2 saturated heterocycles. The lowest BCUT2D eigenvalue weighted by molar-refractivity contribution is -0.126. The van der Waals surface area contributed by atoms with Gasteiger partial charge in [0.15, 0.2) is 6.10 Å². The van der Waals surface area contributed by atoms with Gasteiger partial charge in [-0.05, 0) is 42.8 Å². The molecular weight excluding hydrogens is 356 g/mol. The number of hydrogen-bond donors (Lipinski definition) is 0. The summed E-state index contributed by atoms with van der Waals surface area (Å²) in [5.74, 6) is -0.717. The van der Waals surface area contributed by atoms with Crippen molar-refractivity contribution in [3.05, 3.63) is 84.3 Å². The van der Waals surface area contributed by atoms with Gasteiger partial charge < -0.3 is 4.42 Å². The number of rotatable bonds is 3. The summed E-state index contributed by atoms with van der Waals surface area (Å²) >= 11 is 0. The third-order valence-electron chi connectivity index (χ3n) is 5.32. The van der Waals surface area contributed by atoms with Gasteiger partial charge in [0.25, 0.3) is 5.91 Å². The molecule has 140 valence electrons. The van der Waals surface area contributed by atoms with Crippen LogP contribution < -0.4 is 9.96 Å². The molecule has 2 fully saturated rings. The SMILES string of the molecule is Cc1ccccc1N1C(=O)[C@H]2[C@H](ON(c3ccccc3)[C@@H]2c2ccco2)C1=O. The summed E-state index contributed by atoms with van der Waals surface area (Å²) < 4.78 is 5.62. The average Bonchev–Trinajstić information content (AvgIpc) is 3.41. The molecule has 0 bridgehead atoms. The van der Waals surface area contributed by atoms with Gasteiger partial charge in [-0.2, -0.15) is 0 Å². The Bertz CT molecular complexity index is 1030. The van der Waals surface area contributed by atoms with Crippen molar-refractivity contribution in [1.82, 2.24) is 0 Å². The van der Waals surface area contributed by atoms with Crippen molar-refractivity contribution in [3.63, 3.8) is 0 Å². The molecule has 6 nitrogen and oxygen atoms in total. The van der Waals surface area contributed by atoms with Crippen molar-refractivity contribution in [3.8, 4) is 0 Å². The maximum atomic E-state index is 13.4. The maximum Gasteiger partial charge on any atom is 0.266 e. The van der Waals surface area contributed by atoms with Crippen LogP contribution in [0.3, 0.4) is 0 Å². The molecule has 1 aromatic heterocycles. The highest BCUT2D eigenvalue weighted by Crippen LogP contribution is 2.47. The Morgan fingerprint density at radius 2 is 1.61 bits per heavy atom. The van der Waals surface area contributed by atoms with E-state index < -0.39 is 18.1 Å². The van der Waals surface area contributed by atoms with Crippen molar-refractivity contribution in [2.45, 2.75) is 19.1 Å². The number of carbonyl (C=O) groups is 2. The second-order valence-electron chi connectivity index (χ2n) is 6.97. The Kier molecular flexibility index (Phi) is 3.80. The lowest BCUT2D eigenvalue weighted by Crippen LogP contribution is -2.37.